The fourth-order valence-corrected chi connectivity index (χ4v) is 1.80. The van der Waals surface area contributed by atoms with E-state index in [0.29, 0.717) is 5.75 Å². The Labute approximate surface area is 107 Å². The SMILES string of the molecule is CC(C)C(=O)Oc1cccnc1N1CCNCC1. The first-order chi connectivity index (χ1) is 8.68. The number of rotatable bonds is 3. The molecule has 1 saturated heterocycles. The molecule has 0 aliphatic carbocycles. The molecule has 98 valence electrons. The normalized spacial score (nSPS) is 15.8. The van der Waals surface area contributed by atoms with Crippen LogP contribution >= 0.6 is 0 Å². The molecule has 5 heteroatoms. The van der Waals surface area contributed by atoms with Crippen molar-refractivity contribution in [1.29, 1.82) is 0 Å². The van der Waals surface area contributed by atoms with Crippen molar-refractivity contribution in [2.24, 2.45) is 5.92 Å². The molecule has 0 unspecified atom stereocenters. The summed E-state index contributed by atoms with van der Waals surface area (Å²) in [5.74, 6) is 0.951. The number of pyridine rings is 1. The highest BCUT2D eigenvalue weighted by Crippen LogP contribution is 2.26. The highest BCUT2D eigenvalue weighted by Gasteiger charge is 2.19. The molecule has 0 atom stereocenters. The number of aromatic nitrogens is 1. The van der Waals surface area contributed by atoms with Gasteiger partial charge in [0.15, 0.2) is 11.6 Å². The summed E-state index contributed by atoms with van der Waals surface area (Å²) in [6, 6.07) is 3.58. The van der Waals surface area contributed by atoms with E-state index in [1.54, 1.807) is 18.3 Å². The van der Waals surface area contributed by atoms with Gasteiger partial charge in [-0.3, -0.25) is 4.79 Å². The number of anilines is 1. The first-order valence-electron chi connectivity index (χ1n) is 6.31. The van der Waals surface area contributed by atoms with Gasteiger partial charge in [-0.1, -0.05) is 13.8 Å². The number of nitrogens with one attached hydrogen (secondary N) is 1. The molecule has 0 aromatic carbocycles. The van der Waals surface area contributed by atoms with Crippen LogP contribution in [0.2, 0.25) is 0 Å². The van der Waals surface area contributed by atoms with Gasteiger partial charge in [0.25, 0.3) is 0 Å². The number of hydrogen-bond acceptors (Lipinski definition) is 5. The predicted molar refractivity (Wildman–Crippen MR) is 69.8 cm³/mol. The molecule has 1 fully saturated rings. The van der Waals surface area contributed by atoms with E-state index >= 15 is 0 Å². The standard InChI is InChI=1S/C13H19N3O2/c1-10(2)13(17)18-11-4-3-5-15-12(11)16-8-6-14-7-9-16/h3-5,10,14H,6-9H2,1-2H3. The molecule has 1 aromatic heterocycles. The Bertz CT molecular complexity index is 414. The second-order valence-corrected chi connectivity index (χ2v) is 4.64. The summed E-state index contributed by atoms with van der Waals surface area (Å²) in [5, 5.41) is 3.29. The Hall–Kier alpha value is -1.62. The molecule has 1 N–H and O–H groups in total. The Balaban J connectivity index is 2.16. The molecule has 2 heterocycles. The maximum Gasteiger partial charge on any atom is 0.313 e. The zero-order chi connectivity index (χ0) is 13.0. The second-order valence-electron chi connectivity index (χ2n) is 4.64. The largest absolute Gasteiger partial charge is 0.422 e. The summed E-state index contributed by atoms with van der Waals surface area (Å²) >= 11 is 0. The molecule has 18 heavy (non-hydrogen) atoms. The van der Waals surface area contributed by atoms with Crippen molar-refractivity contribution in [3.8, 4) is 5.75 Å². The fraction of sp³-hybridized carbons (Fsp3) is 0.538. The van der Waals surface area contributed by atoms with Gasteiger partial charge in [-0.25, -0.2) is 4.98 Å². The second kappa shape index (κ2) is 5.82. The Morgan fingerprint density at radius 2 is 2.17 bits per heavy atom. The Morgan fingerprint density at radius 1 is 1.44 bits per heavy atom. The van der Waals surface area contributed by atoms with E-state index in [4.69, 9.17) is 4.74 Å². The van der Waals surface area contributed by atoms with Crippen LogP contribution in [0, 0.1) is 5.92 Å². The number of ether oxygens (including phenoxy) is 1. The summed E-state index contributed by atoms with van der Waals surface area (Å²) in [6.07, 6.45) is 1.73. The maximum atomic E-state index is 11.7. The van der Waals surface area contributed by atoms with Gasteiger partial charge in [0, 0.05) is 32.4 Å². The molecule has 2 rings (SSSR count). The summed E-state index contributed by atoms with van der Waals surface area (Å²) in [6.45, 7) is 7.25. The summed E-state index contributed by atoms with van der Waals surface area (Å²) in [7, 11) is 0. The van der Waals surface area contributed by atoms with Gasteiger partial charge in [-0.05, 0) is 12.1 Å². The molecule has 1 aromatic rings. The highest BCUT2D eigenvalue weighted by molar-refractivity contribution is 5.76. The quantitative estimate of drug-likeness (QED) is 0.812. The van der Waals surface area contributed by atoms with Crippen molar-refractivity contribution in [2.45, 2.75) is 13.8 Å². The van der Waals surface area contributed by atoms with Crippen molar-refractivity contribution >= 4 is 11.8 Å². The monoisotopic (exact) mass is 249 g/mol. The van der Waals surface area contributed by atoms with Crippen LogP contribution < -0.4 is 15.0 Å². The van der Waals surface area contributed by atoms with Crippen LogP contribution in [0.25, 0.3) is 0 Å². The first kappa shape index (κ1) is 12.8. The van der Waals surface area contributed by atoms with Gasteiger partial charge >= 0.3 is 5.97 Å². The molecule has 0 amide bonds. The van der Waals surface area contributed by atoms with Gasteiger partial charge in [-0.15, -0.1) is 0 Å². The lowest BCUT2D eigenvalue weighted by molar-refractivity contribution is -0.137. The van der Waals surface area contributed by atoms with E-state index in [0.717, 1.165) is 32.0 Å². The molecule has 1 aliphatic heterocycles. The molecule has 0 saturated carbocycles. The van der Waals surface area contributed by atoms with Gasteiger partial charge < -0.3 is 15.0 Å². The third kappa shape index (κ3) is 2.98. The number of hydrogen-bond donors (Lipinski definition) is 1. The van der Waals surface area contributed by atoms with E-state index in [1.165, 1.54) is 0 Å². The van der Waals surface area contributed by atoms with E-state index < -0.39 is 0 Å². The molecule has 1 aliphatic rings. The van der Waals surface area contributed by atoms with E-state index in [9.17, 15) is 4.79 Å². The molecular weight excluding hydrogens is 230 g/mol. The average molecular weight is 249 g/mol. The third-order valence-corrected chi connectivity index (χ3v) is 2.85. The van der Waals surface area contributed by atoms with Crippen LogP contribution in [0.1, 0.15) is 13.8 Å². The minimum Gasteiger partial charge on any atom is -0.422 e. The minimum atomic E-state index is -0.223. The van der Waals surface area contributed by atoms with E-state index in [-0.39, 0.29) is 11.9 Å². The number of nitrogens with zero attached hydrogens (tertiary/aromatic N) is 2. The van der Waals surface area contributed by atoms with Crippen LogP contribution in [-0.4, -0.2) is 37.1 Å². The van der Waals surface area contributed by atoms with Gasteiger partial charge in [-0.2, -0.15) is 0 Å². The first-order valence-corrected chi connectivity index (χ1v) is 6.31. The van der Waals surface area contributed by atoms with Crippen molar-refractivity contribution in [1.82, 2.24) is 10.3 Å². The van der Waals surface area contributed by atoms with Crippen LogP contribution in [0.5, 0.6) is 5.75 Å². The average Bonchev–Trinajstić information content (AvgIpc) is 2.40. The van der Waals surface area contributed by atoms with Crippen LogP contribution in [-0.2, 0) is 4.79 Å². The Kier molecular flexibility index (Phi) is 4.15. The minimum absolute atomic E-state index is 0.138. The smallest absolute Gasteiger partial charge is 0.313 e. The summed E-state index contributed by atoms with van der Waals surface area (Å²) < 4.78 is 5.40. The van der Waals surface area contributed by atoms with Gasteiger partial charge in [0.2, 0.25) is 0 Å². The zero-order valence-corrected chi connectivity index (χ0v) is 10.8. The van der Waals surface area contributed by atoms with Gasteiger partial charge in [0.05, 0.1) is 5.92 Å². The van der Waals surface area contributed by atoms with Crippen molar-refractivity contribution < 1.29 is 9.53 Å². The lowest BCUT2D eigenvalue weighted by atomic mass is 10.2. The van der Waals surface area contributed by atoms with Crippen LogP contribution in [0.3, 0.4) is 0 Å². The number of carbonyl (C=O) groups excluding carboxylic acids is 1. The molecule has 0 spiro atoms. The molecular formula is C13H19N3O2. The van der Waals surface area contributed by atoms with Crippen LogP contribution in [0.15, 0.2) is 18.3 Å². The summed E-state index contributed by atoms with van der Waals surface area (Å²) in [5.41, 5.74) is 0. The highest BCUT2D eigenvalue weighted by atomic mass is 16.5. The lowest BCUT2D eigenvalue weighted by Gasteiger charge is -2.29. The van der Waals surface area contributed by atoms with E-state index in [1.807, 2.05) is 13.8 Å². The van der Waals surface area contributed by atoms with Crippen molar-refractivity contribution in [3.05, 3.63) is 18.3 Å². The molecule has 0 radical (unpaired) electrons. The van der Waals surface area contributed by atoms with E-state index in [2.05, 4.69) is 15.2 Å². The predicted octanol–water partition coefficient (Wildman–Crippen LogP) is 1.05. The zero-order valence-electron chi connectivity index (χ0n) is 10.8. The third-order valence-electron chi connectivity index (χ3n) is 2.85. The fourth-order valence-electron chi connectivity index (χ4n) is 1.80. The topological polar surface area (TPSA) is 54.5 Å². The number of piperazine rings is 1. The number of carbonyl (C=O) groups is 1. The van der Waals surface area contributed by atoms with Gasteiger partial charge in [0.1, 0.15) is 0 Å². The van der Waals surface area contributed by atoms with Crippen molar-refractivity contribution in [2.75, 3.05) is 31.1 Å². The maximum absolute atomic E-state index is 11.7. The lowest BCUT2D eigenvalue weighted by Crippen LogP contribution is -2.44. The summed E-state index contributed by atoms with van der Waals surface area (Å²) in [4.78, 5) is 18.1. The molecule has 5 nitrogen and oxygen atoms in total. The Morgan fingerprint density at radius 3 is 2.83 bits per heavy atom. The number of esters is 1. The van der Waals surface area contributed by atoms with Crippen LogP contribution in [0.4, 0.5) is 5.82 Å². The van der Waals surface area contributed by atoms with Crippen molar-refractivity contribution in [3.63, 3.8) is 0 Å². The molecule has 0 bridgehead atoms.